The SMILES string of the molecule is N#Cc1nc(-c2ccc(-n3c4ccc5ccccc5c4c4c5ccccc5c5c(c6cccc7c8ccccc8n5c76)c43)cc2)nc2cccnc12. The summed E-state index contributed by atoms with van der Waals surface area (Å²) in [5.41, 5.74) is 9.33. The van der Waals surface area contributed by atoms with Crippen LogP contribution in [0.4, 0.5) is 0 Å². The fourth-order valence-electron chi connectivity index (χ4n) is 8.86. The maximum atomic E-state index is 9.88. The average Bonchev–Trinajstić information content (AvgIpc) is 3.86. The Bertz CT molecular complexity index is 3530. The molecule has 0 unspecified atom stereocenters. The van der Waals surface area contributed by atoms with E-state index in [1.54, 1.807) is 6.20 Å². The Morgan fingerprint density at radius 1 is 0.500 bits per heavy atom. The summed E-state index contributed by atoms with van der Waals surface area (Å²) in [4.78, 5) is 13.8. The lowest BCUT2D eigenvalue weighted by Gasteiger charge is -2.12. The summed E-state index contributed by atoms with van der Waals surface area (Å²) in [6.45, 7) is 0. The molecular formula is C46H24N6. The van der Waals surface area contributed by atoms with Gasteiger partial charge in [0, 0.05) is 55.2 Å². The van der Waals surface area contributed by atoms with Gasteiger partial charge in [0.25, 0.3) is 0 Å². The van der Waals surface area contributed by atoms with E-state index in [0.717, 1.165) is 16.8 Å². The van der Waals surface area contributed by atoms with Crippen LogP contribution >= 0.6 is 0 Å². The van der Waals surface area contributed by atoms with Crippen LogP contribution in [0.2, 0.25) is 0 Å². The van der Waals surface area contributed by atoms with Crippen LogP contribution in [0, 0.1) is 11.3 Å². The third-order valence-corrected chi connectivity index (χ3v) is 10.9. The Morgan fingerprint density at radius 2 is 1.23 bits per heavy atom. The smallest absolute Gasteiger partial charge is 0.170 e. The van der Waals surface area contributed by atoms with Crippen LogP contribution in [0.25, 0.3) is 110 Å². The van der Waals surface area contributed by atoms with E-state index < -0.39 is 0 Å². The van der Waals surface area contributed by atoms with Crippen molar-refractivity contribution in [3.05, 3.63) is 151 Å². The van der Waals surface area contributed by atoms with Gasteiger partial charge in [0.2, 0.25) is 0 Å². The number of hydrogen-bond donors (Lipinski definition) is 0. The van der Waals surface area contributed by atoms with E-state index in [2.05, 4.69) is 152 Å². The molecule has 6 nitrogen and oxygen atoms in total. The van der Waals surface area contributed by atoms with Crippen LogP contribution in [-0.4, -0.2) is 23.9 Å². The Morgan fingerprint density at radius 3 is 2.10 bits per heavy atom. The van der Waals surface area contributed by atoms with Crippen LogP contribution < -0.4 is 0 Å². The maximum absolute atomic E-state index is 9.88. The molecule has 12 rings (SSSR count). The number of pyridine rings is 1. The zero-order valence-corrected chi connectivity index (χ0v) is 27.5. The lowest BCUT2D eigenvalue weighted by atomic mass is 9.96. The van der Waals surface area contributed by atoms with Gasteiger partial charge in [-0.25, -0.2) is 9.97 Å². The van der Waals surface area contributed by atoms with E-state index in [9.17, 15) is 5.26 Å². The highest BCUT2D eigenvalue weighted by Crippen LogP contribution is 2.49. The Labute approximate surface area is 295 Å². The van der Waals surface area contributed by atoms with Gasteiger partial charge in [-0.3, -0.25) is 4.98 Å². The highest BCUT2D eigenvalue weighted by atomic mass is 15.0. The zero-order valence-electron chi connectivity index (χ0n) is 27.5. The molecule has 0 spiro atoms. The number of para-hydroxylation sites is 2. The van der Waals surface area contributed by atoms with E-state index >= 15 is 0 Å². The van der Waals surface area contributed by atoms with Gasteiger partial charge in [-0.1, -0.05) is 91.0 Å². The minimum absolute atomic E-state index is 0.270. The quantitative estimate of drug-likeness (QED) is 0.185. The van der Waals surface area contributed by atoms with Crippen molar-refractivity contribution in [3.63, 3.8) is 0 Å². The number of nitriles is 1. The Hall–Kier alpha value is -7.36. The first-order valence-electron chi connectivity index (χ1n) is 17.4. The number of benzene rings is 7. The molecule has 7 aromatic carbocycles. The normalized spacial score (nSPS) is 12.2. The molecule has 0 aliphatic rings. The first-order chi connectivity index (χ1) is 25.8. The molecule has 52 heavy (non-hydrogen) atoms. The largest absolute Gasteiger partial charge is 0.308 e. The summed E-state index contributed by atoms with van der Waals surface area (Å²) in [5, 5.41) is 22.3. The minimum Gasteiger partial charge on any atom is -0.308 e. The lowest BCUT2D eigenvalue weighted by Crippen LogP contribution is -1.98. The van der Waals surface area contributed by atoms with Crippen molar-refractivity contribution in [1.82, 2.24) is 23.9 Å². The number of aromatic nitrogens is 5. The molecular weight excluding hydrogens is 637 g/mol. The molecule has 0 radical (unpaired) electrons. The van der Waals surface area contributed by atoms with Gasteiger partial charge < -0.3 is 8.97 Å². The molecule has 0 amide bonds. The Kier molecular flexibility index (Phi) is 5.21. The van der Waals surface area contributed by atoms with Crippen LogP contribution in [0.1, 0.15) is 5.69 Å². The van der Waals surface area contributed by atoms with Gasteiger partial charge in [0.1, 0.15) is 11.6 Å². The van der Waals surface area contributed by atoms with E-state index in [0.29, 0.717) is 16.9 Å². The van der Waals surface area contributed by atoms with Gasteiger partial charge in [-0.2, -0.15) is 5.26 Å². The van der Waals surface area contributed by atoms with Crippen LogP contribution in [0.5, 0.6) is 0 Å². The molecule has 6 heteroatoms. The van der Waals surface area contributed by atoms with Gasteiger partial charge in [-0.05, 0) is 64.7 Å². The molecule has 0 saturated carbocycles. The average molecular weight is 661 g/mol. The maximum Gasteiger partial charge on any atom is 0.170 e. The molecule has 5 aromatic heterocycles. The molecule has 0 N–H and O–H groups in total. The van der Waals surface area contributed by atoms with E-state index in [4.69, 9.17) is 4.98 Å². The molecule has 238 valence electrons. The molecule has 12 aromatic rings. The number of hydrogen-bond acceptors (Lipinski definition) is 4. The molecule has 0 fully saturated rings. The van der Waals surface area contributed by atoms with Crippen molar-refractivity contribution < 1.29 is 0 Å². The predicted molar refractivity (Wildman–Crippen MR) is 211 cm³/mol. The molecule has 0 aliphatic heterocycles. The Balaban J connectivity index is 1.26. The summed E-state index contributed by atoms with van der Waals surface area (Å²) >= 11 is 0. The monoisotopic (exact) mass is 660 g/mol. The predicted octanol–water partition coefficient (Wildman–Crippen LogP) is 11.1. The van der Waals surface area contributed by atoms with Crippen LogP contribution in [0.15, 0.2) is 146 Å². The number of fused-ring (bicyclic) bond motifs is 16. The van der Waals surface area contributed by atoms with Crippen molar-refractivity contribution in [2.24, 2.45) is 0 Å². The van der Waals surface area contributed by atoms with Crippen molar-refractivity contribution in [3.8, 4) is 23.1 Å². The van der Waals surface area contributed by atoms with E-state index in [-0.39, 0.29) is 5.69 Å². The third kappa shape index (κ3) is 3.39. The number of nitrogens with zero attached hydrogens (tertiary/aromatic N) is 6. The second-order valence-electron chi connectivity index (χ2n) is 13.5. The second-order valence-corrected chi connectivity index (χ2v) is 13.5. The summed E-state index contributed by atoms with van der Waals surface area (Å²) in [6, 6.07) is 52.0. The summed E-state index contributed by atoms with van der Waals surface area (Å²) in [5.74, 6) is 0.501. The third-order valence-electron chi connectivity index (χ3n) is 10.9. The van der Waals surface area contributed by atoms with Gasteiger partial charge in [-0.15, -0.1) is 0 Å². The highest BCUT2D eigenvalue weighted by molar-refractivity contribution is 6.41. The summed E-state index contributed by atoms with van der Waals surface area (Å²) in [7, 11) is 0. The number of rotatable bonds is 2. The second kappa shape index (κ2) is 9.87. The first-order valence-corrected chi connectivity index (χ1v) is 17.4. The van der Waals surface area contributed by atoms with Crippen molar-refractivity contribution >= 4 is 92.5 Å². The molecule has 0 atom stereocenters. The van der Waals surface area contributed by atoms with Gasteiger partial charge in [0.05, 0.1) is 33.1 Å². The molecule has 5 heterocycles. The highest BCUT2D eigenvalue weighted by Gasteiger charge is 2.26. The molecule has 0 saturated heterocycles. The van der Waals surface area contributed by atoms with Crippen LogP contribution in [0.3, 0.4) is 0 Å². The van der Waals surface area contributed by atoms with E-state index in [1.807, 2.05) is 12.1 Å². The van der Waals surface area contributed by atoms with Gasteiger partial charge >= 0.3 is 0 Å². The van der Waals surface area contributed by atoms with E-state index in [1.165, 1.54) is 75.9 Å². The topological polar surface area (TPSA) is 71.8 Å². The van der Waals surface area contributed by atoms with Crippen molar-refractivity contribution in [2.45, 2.75) is 0 Å². The standard InChI is InChI=1S/C46H24N6/c47-25-36-42-35(16-8-24-48-42)49-46(50-36)27-18-21-28(22-19-27)51-38-23-20-26-9-1-2-10-29(26)39(38)40-31-12-3-4-13-33(31)44-41(45(40)51)34-15-7-14-32-30-11-5-6-17-37(30)52(44)43(32)34/h1-24H. The molecule has 0 aliphatic carbocycles. The fraction of sp³-hybridized carbons (Fsp3) is 0. The van der Waals surface area contributed by atoms with Gasteiger partial charge in [0.15, 0.2) is 11.5 Å². The van der Waals surface area contributed by atoms with Crippen LogP contribution in [-0.2, 0) is 0 Å². The van der Waals surface area contributed by atoms with Crippen molar-refractivity contribution in [1.29, 1.82) is 5.26 Å². The first kappa shape index (κ1) is 27.5. The molecule has 0 bridgehead atoms. The zero-order chi connectivity index (χ0) is 34.1. The fourth-order valence-corrected chi connectivity index (χ4v) is 8.86. The summed E-state index contributed by atoms with van der Waals surface area (Å²) < 4.78 is 4.95. The lowest BCUT2D eigenvalue weighted by molar-refractivity contribution is 1.16. The minimum atomic E-state index is 0.270. The van der Waals surface area contributed by atoms with Crippen molar-refractivity contribution in [2.75, 3.05) is 0 Å². The summed E-state index contributed by atoms with van der Waals surface area (Å²) in [6.07, 6.45) is 1.66.